The van der Waals surface area contributed by atoms with Crippen molar-refractivity contribution >= 4 is 16.5 Å². The molecule has 0 amide bonds. The number of piperazine rings is 1. The predicted molar refractivity (Wildman–Crippen MR) is 99.0 cm³/mol. The lowest BCUT2D eigenvalue weighted by Crippen LogP contribution is -2.49. The maximum absolute atomic E-state index is 10.2. The fourth-order valence-corrected chi connectivity index (χ4v) is 3.88. The summed E-state index contributed by atoms with van der Waals surface area (Å²) in [6.45, 7) is 5.42. The van der Waals surface area contributed by atoms with Crippen molar-refractivity contribution < 1.29 is 19.3 Å². The second-order valence-corrected chi connectivity index (χ2v) is 7.33. The lowest BCUT2D eigenvalue weighted by atomic mass is 10.2. The molecule has 26 heavy (non-hydrogen) atoms. The van der Waals surface area contributed by atoms with E-state index in [0.29, 0.717) is 19.8 Å². The lowest BCUT2D eigenvalue weighted by Gasteiger charge is -2.35. The number of hydrogen-bond acceptors (Lipinski definition) is 8. The number of rotatable bonds is 7. The molecule has 0 aliphatic carbocycles. The van der Waals surface area contributed by atoms with Crippen molar-refractivity contribution in [2.24, 2.45) is 0 Å². The highest BCUT2D eigenvalue weighted by Crippen LogP contribution is 2.32. The number of aliphatic hydroxyl groups excluding tert-OH is 1. The minimum atomic E-state index is -0.490. The number of aliphatic hydroxyl groups is 1. The summed E-state index contributed by atoms with van der Waals surface area (Å²) in [6, 6.07) is 5.77. The molecule has 1 atom stereocenters. The smallest absolute Gasteiger partial charge is 0.231 e. The molecule has 0 spiro atoms. The summed E-state index contributed by atoms with van der Waals surface area (Å²) in [4.78, 5) is 8.93. The van der Waals surface area contributed by atoms with Crippen LogP contribution < -0.4 is 14.4 Å². The van der Waals surface area contributed by atoms with Gasteiger partial charge in [0.05, 0.1) is 19.3 Å². The SMILES string of the molecule is OC(COCc1ccc2c(c1)OCO2)CN1CCN(c2nccs2)CC1. The highest BCUT2D eigenvalue weighted by atomic mass is 32.1. The molecule has 0 saturated carbocycles. The van der Waals surface area contributed by atoms with Gasteiger partial charge in [-0.2, -0.15) is 0 Å². The van der Waals surface area contributed by atoms with Crippen molar-refractivity contribution in [3.05, 3.63) is 35.3 Å². The van der Waals surface area contributed by atoms with E-state index in [0.717, 1.165) is 48.4 Å². The van der Waals surface area contributed by atoms with Crippen LogP contribution in [0.15, 0.2) is 29.8 Å². The molecule has 3 heterocycles. The Labute approximate surface area is 156 Å². The third-order valence-corrected chi connectivity index (χ3v) is 5.38. The number of β-amino-alcohol motifs (C(OH)–C–C–N with tert-alkyl or cyclic N) is 1. The van der Waals surface area contributed by atoms with Crippen LogP contribution in [0.2, 0.25) is 0 Å². The standard InChI is InChI=1S/C18H23N3O4S/c22-15(10-20-4-6-21(7-5-20)18-19-3-8-26-18)12-23-11-14-1-2-16-17(9-14)25-13-24-16/h1-3,8-9,15,22H,4-7,10-13H2. The molecule has 2 aliphatic heterocycles. The minimum absolute atomic E-state index is 0.272. The quantitative estimate of drug-likeness (QED) is 0.786. The first-order valence-electron chi connectivity index (χ1n) is 8.79. The van der Waals surface area contributed by atoms with Crippen molar-refractivity contribution in [2.45, 2.75) is 12.7 Å². The number of aromatic nitrogens is 1. The zero-order valence-electron chi connectivity index (χ0n) is 14.5. The normalized spacial score (nSPS) is 18.3. The average molecular weight is 377 g/mol. The zero-order valence-corrected chi connectivity index (χ0v) is 15.4. The van der Waals surface area contributed by atoms with Crippen LogP contribution >= 0.6 is 11.3 Å². The van der Waals surface area contributed by atoms with E-state index in [1.807, 2.05) is 29.8 Å². The van der Waals surface area contributed by atoms with Gasteiger partial charge in [0.1, 0.15) is 0 Å². The highest BCUT2D eigenvalue weighted by molar-refractivity contribution is 7.13. The number of fused-ring (bicyclic) bond motifs is 1. The van der Waals surface area contributed by atoms with E-state index in [1.54, 1.807) is 11.3 Å². The molecule has 1 fully saturated rings. The van der Waals surface area contributed by atoms with E-state index < -0.39 is 6.10 Å². The van der Waals surface area contributed by atoms with Gasteiger partial charge in [-0.3, -0.25) is 4.90 Å². The Kier molecular flexibility index (Phi) is 5.54. The fourth-order valence-electron chi connectivity index (χ4n) is 3.19. The summed E-state index contributed by atoms with van der Waals surface area (Å²) in [5, 5.41) is 13.3. The number of benzene rings is 1. The first-order valence-corrected chi connectivity index (χ1v) is 9.67. The maximum Gasteiger partial charge on any atom is 0.231 e. The van der Waals surface area contributed by atoms with Crippen LogP contribution in [0.5, 0.6) is 11.5 Å². The summed E-state index contributed by atoms with van der Waals surface area (Å²) in [6.07, 6.45) is 1.35. The zero-order chi connectivity index (χ0) is 17.8. The second-order valence-electron chi connectivity index (χ2n) is 6.46. The molecule has 2 aromatic rings. The van der Waals surface area contributed by atoms with E-state index in [1.165, 1.54) is 0 Å². The van der Waals surface area contributed by atoms with Gasteiger partial charge in [0.15, 0.2) is 16.6 Å². The van der Waals surface area contributed by atoms with E-state index in [-0.39, 0.29) is 6.79 Å². The molecule has 4 rings (SSSR count). The Balaban J connectivity index is 1.16. The molecule has 7 nitrogen and oxygen atoms in total. The topological polar surface area (TPSA) is 67.3 Å². The largest absolute Gasteiger partial charge is 0.454 e. The molecular formula is C18H23N3O4S. The molecular weight excluding hydrogens is 354 g/mol. The molecule has 1 saturated heterocycles. The molecule has 1 N–H and O–H groups in total. The third-order valence-electron chi connectivity index (χ3n) is 4.55. The molecule has 0 bridgehead atoms. The first-order chi connectivity index (χ1) is 12.8. The second kappa shape index (κ2) is 8.22. The van der Waals surface area contributed by atoms with Crippen LogP contribution in [0.25, 0.3) is 0 Å². The third kappa shape index (κ3) is 4.27. The summed E-state index contributed by atoms with van der Waals surface area (Å²) in [7, 11) is 0. The Morgan fingerprint density at radius 3 is 2.85 bits per heavy atom. The number of nitrogens with zero attached hydrogens (tertiary/aromatic N) is 3. The number of hydrogen-bond donors (Lipinski definition) is 1. The van der Waals surface area contributed by atoms with E-state index in [4.69, 9.17) is 14.2 Å². The molecule has 140 valence electrons. The predicted octanol–water partition coefficient (Wildman–Crippen LogP) is 1.57. The van der Waals surface area contributed by atoms with Gasteiger partial charge in [-0.1, -0.05) is 6.07 Å². The lowest BCUT2D eigenvalue weighted by molar-refractivity contribution is 0.00911. The molecule has 8 heteroatoms. The van der Waals surface area contributed by atoms with Crippen molar-refractivity contribution in [1.82, 2.24) is 9.88 Å². The van der Waals surface area contributed by atoms with Crippen LogP contribution in [0, 0.1) is 0 Å². The van der Waals surface area contributed by atoms with Gasteiger partial charge in [-0.05, 0) is 17.7 Å². The Morgan fingerprint density at radius 2 is 2.04 bits per heavy atom. The number of anilines is 1. The van der Waals surface area contributed by atoms with Crippen LogP contribution in [0.3, 0.4) is 0 Å². The molecule has 1 aromatic carbocycles. The first kappa shape index (κ1) is 17.5. The van der Waals surface area contributed by atoms with Gasteiger partial charge < -0.3 is 24.2 Å². The van der Waals surface area contributed by atoms with Crippen LogP contribution in [-0.4, -0.2) is 67.2 Å². The van der Waals surface area contributed by atoms with Gasteiger partial charge in [0, 0.05) is 44.3 Å². The monoisotopic (exact) mass is 377 g/mol. The maximum atomic E-state index is 10.2. The van der Waals surface area contributed by atoms with Gasteiger partial charge in [-0.25, -0.2) is 4.98 Å². The molecule has 1 unspecified atom stereocenters. The summed E-state index contributed by atoms with van der Waals surface area (Å²) < 4.78 is 16.3. The fraction of sp³-hybridized carbons (Fsp3) is 0.500. The molecule has 0 radical (unpaired) electrons. The molecule has 2 aliphatic rings. The van der Waals surface area contributed by atoms with Crippen LogP contribution in [0.4, 0.5) is 5.13 Å². The van der Waals surface area contributed by atoms with Crippen molar-refractivity contribution in [1.29, 1.82) is 0 Å². The van der Waals surface area contributed by atoms with E-state index >= 15 is 0 Å². The average Bonchev–Trinajstić information content (AvgIpc) is 3.34. The Bertz CT molecular complexity index is 704. The van der Waals surface area contributed by atoms with Crippen LogP contribution in [0.1, 0.15) is 5.56 Å². The summed E-state index contributed by atoms with van der Waals surface area (Å²) in [5.41, 5.74) is 1.01. The summed E-state index contributed by atoms with van der Waals surface area (Å²) in [5.74, 6) is 1.52. The summed E-state index contributed by atoms with van der Waals surface area (Å²) >= 11 is 1.67. The van der Waals surface area contributed by atoms with Crippen molar-refractivity contribution in [3.63, 3.8) is 0 Å². The molecule has 1 aromatic heterocycles. The number of thiazole rings is 1. The number of ether oxygens (including phenoxy) is 3. The Morgan fingerprint density at radius 1 is 1.19 bits per heavy atom. The van der Waals surface area contributed by atoms with E-state index in [2.05, 4.69) is 14.8 Å². The van der Waals surface area contributed by atoms with Gasteiger partial charge in [0.25, 0.3) is 0 Å². The minimum Gasteiger partial charge on any atom is -0.454 e. The Hall–Kier alpha value is -1.87. The van der Waals surface area contributed by atoms with E-state index in [9.17, 15) is 5.11 Å². The van der Waals surface area contributed by atoms with Crippen molar-refractivity contribution in [2.75, 3.05) is 51.0 Å². The highest BCUT2D eigenvalue weighted by Gasteiger charge is 2.20. The van der Waals surface area contributed by atoms with Gasteiger partial charge in [0.2, 0.25) is 6.79 Å². The van der Waals surface area contributed by atoms with Crippen LogP contribution in [-0.2, 0) is 11.3 Å². The van der Waals surface area contributed by atoms with Gasteiger partial charge >= 0.3 is 0 Å². The van der Waals surface area contributed by atoms with Crippen molar-refractivity contribution in [3.8, 4) is 11.5 Å². The van der Waals surface area contributed by atoms with Gasteiger partial charge in [-0.15, -0.1) is 11.3 Å².